The molecule has 0 amide bonds. The number of hydrogen-bond donors (Lipinski definition) is 1. The molecule has 8 heteroatoms. The molecule has 0 aliphatic carbocycles. The number of nitrogens with one attached hydrogen (secondary N) is 1. The third-order valence-corrected chi connectivity index (χ3v) is 5.31. The van der Waals surface area contributed by atoms with Crippen LogP contribution in [-0.4, -0.2) is 45.6 Å². The maximum atomic E-state index is 5.97. The Morgan fingerprint density at radius 1 is 1.07 bits per heavy atom. The van der Waals surface area contributed by atoms with Gasteiger partial charge in [0.1, 0.15) is 12.7 Å². The van der Waals surface area contributed by atoms with E-state index in [4.69, 9.17) is 23.7 Å². The minimum Gasteiger partial charge on any atom is -0.493 e. The molecule has 1 aliphatic heterocycles. The fourth-order valence-corrected chi connectivity index (χ4v) is 3.81. The van der Waals surface area contributed by atoms with Gasteiger partial charge in [0.2, 0.25) is 5.75 Å². The molecule has 1 unspecified atom stereocenters. The van der Waals surface area contributed by atoms with Crippen LogP contribution in [0.15, 0.2) is 41.8 Å². The van der Waals surface area contributed by atoms with E-state index in [1.165, 1.54) is 11.3 Å². The molecule has 1 aromatic heterocycles. The topological polar surface area (TPSA) is 71.1 Å². The summed E-state index contributed by atoms with van der Waals surface area (Å²) < 4.78 is 28.0. The van der Waals surface area contributed by atoms with E-state index in [0.29, 0.717) is 30.4 Å². The van der Waals surface area contributed by atoms with Crippen molar-refractivity contribution in [2.75, 3.05) is 39.8 Å². The molecular formula is C21H22N2O5S. The van der Waals surface area contributed by atoms with Crippen molar-refractivity contribution >= 4 is 16.5 Å². The van der Waals surface area contributed by atoms with Gasteiger partial charge in [-0.2, -0.15) is 0 Å². The molecule has 1 atom stereocenters. The molecule has 0 spiro atoms. The average molecular weight is 414 g/mol. The third kappa shape index (κ3) is 4.02. The predicted octanol–water partition coefficient (Wildman–Crippen LogP) is 4.09. The Bertz CT molecular complexity index is 966. The number of ether oxygens (including phenoxy) is 5. The minimum atomic E-state index is -0.0848. The van der Waals surface area contributed by atoms with Gasteiger partial charge < -0.3 is 29.0 Å². The molecule has 0 bridgehead atoms. The average Bonchev–Trinajstić information content (AvgIpc) is 3.25. The van der Waals surface area contributed by atoms with Gasteiger partial charge in [0.25, 0.3) is 0 Å². The molecule has 0 saturated carbocycles. The summed E-state index contributed by atoms with van der Waals surface area (Å²) in [6, 6.07) is 11.4. The molecule has 1 N–H and O–H groups in total. The largest absolute Gasteiger partial charge is 0.493 e. The van der Waals surface area contributed by atoms with E-state index in [9.17, 15) is 0 Å². The van der Waals surface area contributed by atoms with E-state index in [-0.39, 0.29) is 6.10 Å². The molecule has 2 aromatic carbocycles. The van der Waals surface area contributed by atoms with Crippen LogP contribution in [0.3, 0.4) is 0 Å². The number of methoxy groups -OCH3 is 3. The highest BCUT2D eigenvalue weighted by Gasteiger charge is 2.21. The molecule has 0 fully saturated rings. The van der Waals surface area contributed by atoms with Crippen LogP contribution in [-0.2, 0) is 0 Å². The number of anilines is 1. The standard InChI is InChI=1S/C21H22N2O5S/c1-24-18-8-13(9-19(25-2)20(18)26-3)15-12-29-21(23-15)22-10-14-11-27-16-6-4-5-7-17(16)28-14/h4-9,12,14H,10-11H2,1-3H3,(H,22,23). The first kappa shape index (κ1) is 19.2. The van der Waals surface area contributed by atoms with Crippen molar-refractivity contribution in [3.05, 3.63) is 41.8 Å². The van der Waals surface area contributed by atoms with Crippen LogP contribution in [0.1, 0.15) is 0 Å². The number of nitrogens with zero attached hydrogens (tertiary/aromatic N) is 1. The van der Waals surface area contributed by atoms with Crippen LogP contribution in [0, 0.1) is 0 Å². The van der Waals surface area contributed by atoms with Gasteiger partial charge in [-0.3, -0.25) is 0 Å². The SMILES string of the molecule is COc1cc(-c2csc(NCC3COc4ccccc4O3)n2)cc(OC)c1OC. The lowest BCUT2D eigenvalue weighted by Gasteiger charge is -2.26. The molecule has 4 rings (SSSR count). The molecule has 29 heavy (non-hydrogen) atoms. The van der Waals surface area contributed by atoms with E-state index >= 15 is 0 Å². The third-order valence-electron chi connectivity index (χ3n) is 4.51. The molecule has 2 heterocycles. The molecule has 7 nitrogen and oxygen atoms in total. The van der Waals surface area contributed by atoms with Crippen LogP contribution >= 0.6 is 11.3 Å². The predicted molar refractivity (Wildman–Crippen MR) is 112 cm³/mol. The first-order valence-corrected chi connectivity index (χ1v) is 9.98. The second-order valence-corrected chi connectivity index (χ2v) is 7.19. The zero-order valence-electron chi connectivity index (χ0n) is 16.4. The number of rotatable bonds is 7. The Morgan fingerprint density at radius 2 is 1.79 bits per heavy atom. The van der Waals surface area contributed by atoms with E-state index in [1.807, 2.05) is 41.8 Å². The summed E-state index contributed by atoms with van der Waals surface area (Å²) in [6.07, 6.45) is -0.0848. The second kappa shape index (κ2) is 8.48. The van der Waals surface area contributed by atoms with Crippen LogP contribution in [0.2, 0.25) is 0 Å². The molecule has 152 valence electrons. The van der Waals surface area contributed by atoms with Crippen molar-refractivity contribution in [3.63, 3.8) is 0 Å². The molecule has 3 aromatic rings. The first-order valence-electron chi connectivity index (χ1n) is 9.10. The number of thiazole rings is 1. The van der Waals surface area contributed by atoms with Gasteiger partial charge >= 0.3 is 0 Å². The highest BCUT2D eigenvalue weighted by Crippen LogP contribution is 2.41. The quantitative estimate of drug-likeness (QED) is 0.624. The fraction of sp³-hybridized carbons (Fsp3) is 0.286. The lowest BCUT2D eigenvalue weighted by atomic mass is 10.1. The summed E-state index contributed by atoms with van der Waals surface area (Å²) in [4.78, 5) is 4.67. The van der Waals surface area contributed by atoms with Crippen molar-refractivity contribution in [2.24, 2.45) is 0 Å². The lowest BCUT2D eigenvalue weighted by Crippen LogP contribution is -2.35. The first-order chi connectivity index (χ1) is 14.2. The summed E-state index contributed by atoms with van der Waals surface area (Å²) >= 11 is 1.52. The Kier molecular flexibility index (Phi) is 5.62. The van der Waals surface area contributed by atoms with Crippen molar-refractivity contribution < 1.29 is 23.7 Å². The number of fused-ring (bicyclic) bond motifs is 1. The summed E-state index contributed by atoms with van der Waals surface area (Å²) in [5, 5.41) is 6.12. The van der Waals surface area contributed by atoms with Crippen molar-refractivity contribution in [2.45, 2.75) is 6.10 Å². The number of hydrogen-bond acceptors (Lipinski definition) is 8. The number of para-hydroxylation sites is 2. The Labute approximate surface area is 173 Å². The highest BCUT2D eigenvalue weighted by molar-refractivity contribution is 7.14. The van der Waals surface area contributed by atoms with E-state index < -0.39 is 0 Å². The van der Waals surface area contributed by atoms with Crippen LogP contribution < -0.4 is 29.0 Å². The summed E-state index contributed by atoms with van der Waals surface area (Å²) in [7, 11) is 4.78. The minimum absolute atomic E-state index is 0.0848. The maximum Gasteiger partial charge on any atom is 0.203 e. The van der Waals surface area contributed by atoms with Gasteiger partial charge in [0.05, 0.1) is 33.6 Å². The van der Waals surface area contributed by atoms with Gasteiger partial charge in [0.15, 0.2) is 28.1 Å². The van der Waals surface area contributed by atoms with E-state index in [1.54, 1.807) is 21.3 Å². The maximum absolute atomic E-state index is 5.97. The second-order valence-electron chi connectivity index (χ2n) is 6.33. The summed E-state index contributed by atoms with van der Waals surface area (Å²) in [5.41, 5.74) is 1.71. The molecule has 1 aliphatic rings. The zero-order valence-corrected chi connectivity index (χ0v) is 17.2. The highest BCUT2D eigenvalue weighted by atomic mass is 32.1. The zero-order chi connectivity index (χ0) is 20.2. The Hall–Kier alpha value is -3.13. The fourth-order valence-electron chi connectivity index (χ4n) is 3.08. The van der Waals surface area contributed by atoms with Crippen LogP contribution in [0.25, 0.3) is 11.3 Å². The van der Waals surface area contributed by atoms with Crippen molar-refractivity contribution in [1.29, 1.82) is 0 Å². The monoisotopic (exact) mass is 414 g/mol. The Morgan fingerprint density at radius 3 is 2.48 bits per heavy atom. The normalized spacial score (nSPS) is 14.9. The van der Waals surface area contributed by atoms with Gasteiger partial charge in [-0.25, -0.2) is 4.98 Å². The summed E-state index contributed by atoms with van der Waals surface area (Å²) in [6.45, 7) is 1.09. The lowest BCUT2D eigenvalue weighted by molar-refractivity contribution is 0.0997. The van der Waals surface area contributed by atoms with E-state index in [0.717, 1.165) is 27.9 Å². The smallest absolute Gasteiger partial charge is 0.203 e. The van der Waals surface area contributed by atoms with Gasteiger partial charge in [-0.1, -0.05) is 12.1 Å². The van der Waals surface area contributed by atoms with Gasteiger partial charge in [-0.15, -0.1) is 11.3 Å². The van der Waals surface area contributed by atoms with Gasteiger partial charge in [-0.05, 0) is 24.3 Å². The molecule has 0 saturated heterocycles. The Balaban J connectivity index is 1.45. The van der Waals surface area contributed by atoms with Crippen LogP contribution in [0.5, 0.6) is 28.7 Å². The van der Waals surface area contributed by atoms with Crippen molar-refractivity contribution in [3.8, 4) is 40.0 Å². The van der Waals surface area contributed by atoms with Crippen molar-refractivity contribution in [1.82, 2.24) is 4.98 Å². The number of aromatic nitrogens is 1. The van der Waals surface area contributed by atoms with Gasteiger partial charge in [0, 0.05) is 10.9 Å². The summed E-state index contributed by atoms with van der Waals surface area (Å²) in [5.74, 6) is 3.29. The van der Waals surface area contributed by atoms with Crippen LogP contribution in [0.4, 0.5) is 5.13 Å². The van der Waals surface area contributed by atoms with E-state index in [2.05, 4.69) is 10.3 Å². The number of benzene rings is 2. The molecular weight excluding hydrogens is 392 g/mol. The molecule has 0 radical (unpaired) electrons.